The maximum atomic E-state index is 11.9. The molecule has 1 heterocycles. The molecule has 96 valence electrons. The first-order chi connectivity index (χ1) is 8.06. The van der Waals surface area contributed by atoms with Crippen LogP contribution < -0.4 is 5.32 Å². The van der Waals surface area contributed by atoms with Crippen LogP contribution in [0.15, 0.2) is 0 Å². The van der Waals surface area contributed by atoms with E-state index in [1.807, 2.05) is 6.92 Å². The first kappa shape index (κ1) is 12.4. The third-order valence-corrected chi connectivity index (χ3v) is 3.93. The number of carbonyl (C=O) groups is 2. The second-order valence-corrected chi connectivity index (χ2v) is 5.10. The zero-order valence-electron chi connectivity index (χ0n) is 10.1. The van der Waals surface area contributed by atoms with Crippen LogP contribution in [0.4, 0.5) is 0 Å². The number of carbonyl (C=O) groups excluding carboxylic acids is 1. The van der Waals surface area contributed by atoms with E-state index in [0.29, 0.717) is 18.8 Å². The van der Waals surface area contributed by atoms with E-state index in [1.54, 1.807) is 0 Å². The van der Waals surface area contributed by atoms with Crippen molar-refractivity contribution >= 4 is 11.9 Å². The van der Waals surface area contributed by atoms with Gasteiger partial charge >= 0.3 is 5.97 Å². The van der Waals surface area contributed by atoms with Gasteiger partial charge in [0.15, 0.2) is 0 Å². The lowest BCUT2D eigenvalue weighted by Gasteiger charge is -2.29. The Balaban J connectivity index is 1.88. The Kier molecular flexibility index (Phi) is 3.38. The SMILES string of the molecule is CC(NC(=O)C1(C(=O)O)CC1)C1CCOCC1. The standard InChI is InChI=1S/C12H19NO4/c1-8(9-2-6-17-7-3-9)13-10(14)12(4-5-12)11(15)16/h8-9H,2-7H2,1H3,(H,13,14)(H,15,16). The quantitative estimate of drug-likeness (QED) is 0.713. The monoisotopic (exact) mass is 241 g/mol. The molecule has 1 unspecified atom stereocenters. The number of carboxylic acids is 1. The van der Waals surface area contributed by atoms with Crippen LogP contribution >= 0.6 is 0 Å². The molecule has 0 bridgehead atoms. The molecule has 0 aromatic rings. The number of nitrogens with one attached hydrogen (secondary N) is 1. The largest absolute Gasteiger partial charge is 0.480 e. The van der Waals surface area contributed by atoms with Gasteiger partial charge in [0.2, 0.25) is 5.91 Å². The fourth-order valence-corrected chi connectivity index (χ4v) is 2.34. The molecule has 0 spiro atoms. The normalized spacial score (nSPS) is 25.0. The van der Waals surface area contributed by atoms with Crippen LogP contribution in [-0.2, 0) is 14.3 Å². The Morgan fingerprint density at radius 3 is 2.41 bits per heavy atom. The van der Waals surface area contributed by atoms with Crippen molar-refractivity contribution in [2.45, 2.75) is 38.6 Å². The summed E-state index contributed by atoms with van der Waals surface area (Å²) in [6.45, 7) is 3.41. The predicted molar refractivity (Wildman–Crippen MR) is 60.5 cm³/mol. The van der Waals surface area contributed by atoms with Gasteiger partial charge in [-0.2, -0.15) is 0 Å². The molecule has 1 aliphatic carbocycles. The van der Waals surface area contributed by atoms with Crippen molar-refractivity contribution in [3.8, 4) is 0 Å². The first-order valence-electron chi connectivity index (χ1n) is 6.18. The molecule has 1 saturated carbocycles. The Labute approximate surface area is 101 Å². The Morgan fingerprint density at radius 2 is 1.94 bits per heavy atom. The van der Waals surface area contributed by atoms with Crippen molar-refractivity contribution in [2.75, 3.05) is 13.2 Å². The minimum absolute atomic E-state index is 0.0308. The summed E-state index contributed by atoms with van der Waals surface area (Å²) in [7, 11) is 0. The minimum Gasteiger partial charge on any atom is -0.480 e. The lowest BCUT2D eigenvalue weighted by atomic mass is 9.92. The van der Waals surface area contributed by atoms with Gasteiger partial charge in [0.1, 0.15) is 5.41 Å². The summed E-state index contributed by atoms with van der Waals surface area (Å²) in [5, 5.41) is 11.9. The van der Waals surface area contributed by atoms with Gasteiger partial charge in [0.25, 0.3) is 0 Å². The van der Waals surface area contributed by atoms with E-state index >= 15 is 0 Å². The number of ether oxygens (including phenoxy) is 1. The van der Waals surface area contributed by atoms with Crippen molar-refractivity contribution in [3.63, 3.8) is 0 Å². The van der Waals surface area contributed by atoms with Gasteiger partial charge in [0, 0.05) is 19.3 Å². The van der Waals surface area contributed by atoms with Crippen molar-refractivity contribution < 1.29 is 19.4 Å². The number of hydrogen-bond donors (Lipinski definition) is 2. The zero-order chi connectivity index (χ0) is 12.5. The molecular weight excluding hydrogens is 222 g/mol. The Hall–Kier alpha value is -1.10. The molecule has 0 aromatic heterocycles. The van der Waals surface area contributed by atoms with Gasteiger partial charge in [-0.1, -0.05) is 0 Å². The summed E-state index contributed by atoms with van der Waals surface area (Å²) in [5.41, 5.74) is -1.13. The predicted octanol–water partition coefficient (Wildman–Crippen LogP) is 0.782. The van der Waals surface area contributed by atoms with E-state index in [9.17, 15) is 9.59 Å². The van der Waals surface area contributed by atoms with Crippen LogP contribution in [-0.4, -0.2) is 36.2 Å². The van der Waals surface area contributed by atoms with Crippen molar-refractivity contribution in [2.24, 2.45) is 11.3 Å². The average Bonchev–Trinajstić information content (AvgIpc) is 3.11. The molecule has 2 rings (SSSR count). The maximum absolute atomic E-state index is 11.9. The highest BCUT2D eigenvalue weighted by atomic mass is 16.5. The van der Waals surface area contributed by atoms with Gasteiger partial charge in [-0.25, -0.2) is 0 Å². The van der Waals surface area contributed by atoms with Crippen LogP contribution in [0.5, 0.6) is 0 Å². The van der Waals surface area contributed by atoms with E-state index in [0.717, 1.165) is 26.1 Å². The number of carboxylic acid groups (broad SMARTS) is 1. The van der Waals surface area contributed by atoms with Crippen LogP contribution in [0.25, 0.3) is 0 Å². The first-order valence-corrected chi connectivity index (χ1v) is 6.18. The molecule has 2 fully saturated rings. The summed E-state index contributed by atoms with van der Waals surface area (Å²) < 4.78 is 5.27. The van der Waals surface area contributed by atoms with E-state index in [1.165, 1.54) is 0 Å². The Morgan fingerprint density at radius 1 is 1.35 bits per heavy atom. The molecule has 1 atom stereocenters. The number of aliphatic carboxylic acids is 1. The molecular formula is C12H19NO4. The molecule has 2 N–H and O–H groups in total. The minimum atomic E-state index is -1.13. The third kappa shape index (κ3) is 2.44. The summed E-state index contributed by atoms with van der Waals surface area (Å²) >= 11 is 0. The molecule has 0 aromatic carbocycles. The average molecular weight is 241 g/mol. The third-order valence-electron chi connectivity index (χ3n) is 3.93. The van der Waals surface area contributed by atoms with Crippen molar-refractivity contribution in [3.05, 3.63) is 0 Å². The van der Waals surface area contributed by atoms with Crippen LogP contribution in [0.1, 0.15) is 32.6 Å². The zero-order valence-corrected chi connectivity index (χ0v) is 10.1. The lowest BCUT2D eigenvalue weighted by molar-refractivity contribution is -0.149. The molecule has 5 heteroatoms. The molecule has 5 nitrogen and oxygen atoms in total. The van der Waals surface area contributed by atoms with Crippen LogP contribution in [0, 0.1) is 11.3 Å². The highest BCUT2D eigenvalue weighted by molar-refractivity contribution is 6.04. The van der Waals surface area contributed by atoms with Gasteiger partial charge in [-0.05, 0) is 38.5 Å². The summed E-state index contributed by atoms with van der Waals surface area (Å²) in [6.07, 6.45) is 2.80. The number of hydrogen-bond acceptors (Lipinski definition) is 3. The summed E-state index contributed by atoms with van der Waals surface area (Å²) in [5.74, 6) is -0.907. The van der Waals surface area contributed by atoms with E-state index in [4.69, 9.17) is 9.84 Å². The molecule has 17 heavy (non-hydrogen) atoms. The van der Waals surface area contributed by atoms with Crippen molar-refractivity contribution in [1.29, 1.82) is 0 Å². The fourth-order valence-electron chi connectivity index (χ4n) is 2.34. The van der Waals surface area contributed by atoms with Crippen LogP contribution in [0.3, 0.4) is 0 Å². The second kappa shape index (κ2) is 4.64. The van der Waals surface area contributed by atoms with Gasteiger partial charge in [0.05, 0.1) is 0 Å². The second-order valence-electron chi connectivity index (χ2n) is 5.10. The molecule has 1 saturated heterocycles. The van der Waals surface area contributed by atoms with Gasteiger partial charge < -0.3 is 15.2 Å². The van der Waals surface area contributed by atoms with Crippen LogP contribution in [0.2, 0.25) is 0 Å². The smallest absolute Gasteiger partial charge is 0.319 e. The molecule has 1 aliphatic heterocycles. The molecule has 1 amide bonds. The number of amides is 1. The molecule has 2 aliphatic rings. The lowest BCUT2D eigenvalue weighted by Crippen LogP contribution is -2.45. The summed E-state index contributed by atoms with van der Waals surface area (Å²) in [6, 6.07) is 0.0308. The number of rotatable bonds is 4. The van der Waals surface area contributed by atoms with E-state index in [2.05, 4.69) is 5.32 Å². The summed E-state index contributed by atoms with van der Waals surface area (Å²) in [4.78, 5) is 22.9. The Bertz CT molecular complexity index is 318. The van der Waals surface area contributed by atoms with E-state index in [-0.39, 0.29) is 11.9 Å². The highest BCUT2D eigenvalue weighted by Gasteiger charge is 2.57. The topological polar surface area (TPSA) is 75.6 Å². The van der Waals surface area contributed by atoms with Gasteiger partial charge in [-0.3, -0.25) is 9.59 Å². The maximum Gasteiger partial charge on any atom is 0.319 e. The fraction of sp³-hybridized carbons (Fsp3) is 0.833. The van der Waals surface area contributed by atoms with Gasteiger partial charge in [-0.15, -0.1) is 0 Å². The van der Waals surface area contributed by atoms with E-state index < -0.39 is 11.4 Å². The highest BCUT2D eigenvalue weighted by Crippen LogP contribution is 2.46. The van der Waals surface area contributed by atoms with Crippen molar-refractivity contribution in [1.82, 2.24) is 5.32 Å². The molecule has 0 radical (unpaired) electrons.